The number of piperidine rings is 2. The molecule has 1 atom stereocenters. The SMILES string of the molecule is CCC1CCCCN1C(=O)C1(CC)CCNCC1. The minimum Gasteiger partial charge on any atom is -0.339 e. The number of amides is 1. The first kappa shape index (κ1) is 13.9. The molecule has 2 saturated heterocycles. The average molecular weight is 252 g/mol. The Bertz CT molecular complexity index is 284. The van der Waals surface area contributed by atoms with Gasteiger partial charge >= 0.3 is 0 Å². The minimum absolute atomic E-state index is 0.0595. The van der Waals surface area contributed by atoms with Gasteiger partial charge in [0.1, 0.15) is 0 Å². The Balaban J connectivity index is 2.11. The number of nitrogens with one attached hydrogen (secondary N) is 1. The Hall–Kier alpha value is -0.570. The Kier molecular flexibility index (Phi) is 4.66. The van der Waals surface area contributed by atoms with Crippen molar-refractivity contribution in [3.8, 4) is 0 Å². The number of hydrogen-bond acceptors (Lipinski definition) is 2. The maximum absolute atomic E-state index is 13.0. The molecule has 0 aliphatic carbocycles. The lowest BCUT2D eigenvalue weighted by Crippen LogP contribution is -2.53. The summed E-state index contributed by atoms with van der Waals surface area (Å²) in [5, 5.41) is 3.39. The van der Waals surface area contributed by atoms with Crippen LogP contribution in [-0.2, 0) is 4.79 Å². The number of carbonyl (C=O) groups excluding carboxylic acids is 1. The summed E-state index contributed by atoms with van der Waals surface area (Å²) in [5.41, 5.74) is -0.0595. The van der Waals surface area contributed by atoms with E-state index in [4.69, 9.17) is 0 Å². The number of carbonyl (C=O) groups is 1. The molecule has 2 rings (SSSR count). The van der Waals surface area contributed by atoms with Crippen molar-refractivity contribution < 1.29 is 4.79 Å². The molecular weight excluding hydrogens is 224 g/mol. The van der Waals surface area contributed by atoms with Gasteiger partial charge < -0.3 is 10.2 Å². The molecule has 104 valence electrons. The molecule has 0 aromatic rings. The Morgan fingerprint density at radius 1 is 1.28 bits per heavy atom. The van der Waals surface area contributed by atoms with Gasteiger partial charge in [-0.2, -0.15) is 0 Å². The lowest BCUT2D eigenvalue weighted by Gasteiger charge is -2.44. The predicted molar refractivity (Wildman–Crippen MR) is 74.5 cm³/mol. The van der Waals surface area contributed by atoms with Crippen LogP contribution in [0.1, 0.15) is 58.8 Å². The van der Waals surface area contributed by atoms with E-state index in [1.807, 2.05) is 0 Å². The van der Waals surface area contributed by atoms with E-state index in [1.54, 1.807) is 0 Å². The third kappa shape index (κ3) is 2.56. The van der Waals surface area contributed by atoms with E-state index >= 15 is 0 Å². The molecule has 0 saturated carbocycles. The van der Waals surface area contributed by atoms with Crippen LogP contribution < -0.4 is 5.32 Å². The molecule has 2 heterocycles. The van der Waals surface area contributed by atoms with E-state index in [0.717, 1.165) is 45.3 Å². The molecule has 0 bridgehead atoms. The molecule has 1 N–H and O–H groups in total. The first-order valence-corrected chi connectivity index (χ1v) is 7.75. The van der Waals surface area contributed by atoms with Crippen LogP contribution in [0.25, 0.3) is 0 Å². The van der Waals surface area contributed by atoms with Crippen molar-refractivity contribution in [2.24, 2.45) is 5.41 Å². The lowest BCUT2D eigenvalue weighted by atomic mass is 9.74. The van der Waals surface area contributed by atoms with Gasteiger partial charge in [0.25, 0.3) is 0 Å². The van der Waals surface area contributed by atoms with E-state index in [2.05, 4.69) is 24.1 Å². The minimum atomic E-state index is -0.0595. The molecule has 2 aliphatic heterocycles. The van der Waals surface area contributed by atoms with Gasteiger partial charge in [0, 0.05) is 12.6 Å². The molecule has 0 spiro atoms. The molecule has 1 amide bonds. The van der Waals surface area contributed by atoms with E-state index < -0.39 is 0 Å². The average Bonchev–Trinajstić information content (AvgIpc) is 2.47. The normalized spacial score (nSPS) is 28.1. The fourth-order valence-electron chi connectivity index (χ4n) is 3.62. The molecule has 0 radical (unpaired) electrons. The molecule has 3 heteroatoms. The largest absolute Gasteiger partial charge is 0.339 e. The lowest BCUT2D eigenvalue weighted by molar-refractivity contribution is -0.148. The van der Waals surface area contributed by atoms with Crippen molar-refractivity contribution in [1.29, 1.82) is 0 Å². The van der Waals surface area contributed by atoms with Crippen LogP contribution in [-0.4, -0.2) is 36.5 Å². The molecule has 1 unspecified atom stereocenters. The topological polar surface area (TPSA) is 32.3 Å². The van der Waals surface area contributed by atoms with Crippen LogP contribution in [0.4, 0.5) is 0 Å². The Morgan fingerprint density at radius 3 is 2.61 bits per heavy atom. The Morgan fingerprint density at radius 2 is 2.00 bits per heavy atom. The zero-order chi connectivity index (χ0) is 13.0. The van der Waals surface area contributed by atoms with E-state index in [9.17, 15) is 4.79 Å². The molecule has 18 heavy (non-hydrogen) atoms. The summed E-state index contributed by atoms with van der Waals surface area (Å²) in [6, 6.07) is 0.504. The fourth-order valence-corrected chi connectivity index (χ4v) is 3.62. The maximum atomic E-state index is 13.0. The van der Waals surface area contributed by atoms with E-state index in [1.165, 1.54) is 19.3 Å². The highest BCUT2D eigenvalue weighted by atomic mass is 16.2. The van der Waals surface area contributed by atoms with Crippen LogP contribution in [0.5, 0.6) is 0 Å². The monoisotopic (exact) mass is 252 g/mol. The second kappa shape index (κ2) is 6.05. The van der Waals surface area contributed by atoms with Gasteiger partial charge in [0.15, 0.2) is 0 Å². The summed E-state index contributed by atoms with van der Waals surface area (Å²) >= 11 is 0. The van der Waals surface area contributed by atoms with Gasteiger partial charge in [-0.05, 0) is 58.0 Å². The summed E-state index contributed by atoms with van der Waals surface area (Å²) in [6.45, 7) is 7.41. The van der Waals surface area contributed by atoms with Crippen molar-refractivity contribution in [3.05, 3.63) is 0 Å². The van der Waals surface area contributed by atoms with Crippen molar-refractivity contribution in [1.82, 2.24) is 10.2 Å². The first-order chi connectivity index (χ1) is 8.73. The first-order valence-electron chi connectivity index (χ1n) is 7.75. The van der Waals surface area contributed by atoms with Crippen LogP contribution in [0.2, 0.25) is 0 Å². The van der Waals surface area contributed by atoms with E-state index in [0.29, 0.717) is 11.9 Å². The van der Waals surface area contributed by atoms with Crippen LogP contribution in [0.3, 0.4) is 0 Å². The molecular formula is C15H28N2O. The van der Waals surface area contributed by atoms with Crippen LogP contribution >= 0.6 is 0 Å². The third-order valence-electron chi connectivity index (χ3n) is 5.05. The zero-order valence-electron chi connectivity index (χ0n) is 12.0. The summed E-state index contributed by atoms with van der Waals surface area (Å²) in [6.07, 6.45) is 7.86. The van der Waals surface area contributed by atoms with Gasteiger partial charge in [-0.3, -0.25) is 4.79 Å². The van der Waals surface area contributed by atoms with E-state index in [-0.39, 0.29) is 5.41 Å². The number of nitrogens with zero attached hydrogens (tertiary/aromatic N) is 1. The van der Waals surface area contributed by atoms with Gasteiger partial charge in [0.05, 0.1) is 5.41 Å². The fraction of sp³-hybridized carbons (Fsp3) is 0.933. The highest BCUT2D eigenvalue weighted by molar-refractivity contribution is 5.83. The van der Waals surface area contributed by atoms with Crippen LogP contribution in [0.15, 0.2) is 0 Å². The summed E-state index contributed by atoms with van der Waals surface area (Å²) in [4.78, 5) is 15.2. The van der Waals surface area contributed by atoms with Gasteiger partial charge in [-0.15, -0.1) is 0 Å². The standard InChI is InChI=1S/C15H28N2O/c1-3-13-7-5-6-12-17(13)14(18)15(4-2)8-10-16-11-9-15/h13,16H,3-12H2,1-2H3. The highest BCUT2D eigenvalue weighted by Crippen LogP contribution is 2.36. The molecule has 3 nitrogen and oxygen atoms in total. The van der Waals surface area contributed by atoms with Crippen molar-refractivity contribution in [2.45, 2.75) is 64.8 Å². The summed E-state index contributed by atoms with van der Waals surface area (Å²) in [5.74, 6) is 0.457. The molecule has 2 aliphatic rings. The summed E-state index contributed by atoms with van der Waals surface area (Å²) < 4.78 is 0. The zero-order valence-corrected chi connectivity index (χ0v) is 12.0. The number of rotatable bonds is 3. The smallest absolute Gasteiger partial charge is 0.229 e. The van der Waals surface area contributed by atoms with Crippen LogP contribution in [0, 0.1) is 5.41 Å². The quantitative estimate of drug-likeness (QED) is 0.837. The molecule has 0 aromatic heterocycles. The highest BCUT2D eigenvalue weighted by Gasteiger charge is 2.42. The van der Waals surface area contributed by atoms with Gasteiger partial charge in [-0.25, -0.2) is 0 Å². The molecule has 0 aromatic carbocycles. The van der Waals surface area contributed by atoms with Gasteiger partial charge in [-0.1, -0.05) is 13.8 Å². The van der Waals surface area contributed by atoms with Crippen molar-refractivity contribution in [3.63, 3.8) is 0 Å². The summed E-state index contributed by atoms with van der Waals surface area (Å²) in [7, 11) is 0. The third-order valence-corrected chi connectivity index (χ3v) is 5.05. The second-order valence-corrected chi connectivity index (χ2v) is 5.94. The number of hydrogen-bond donors (Lipinski definition) is 1. The van der Waals surface area contributed by atoms with Crippen molar-refractivity contribution >= 4 is 5.91 Å². The number of likely N-dealkylation sites (tertiary alicyclic amines) is 1. The Labute approximate surface area is 111 Å². The van der Waals surface area contributed by atoms with Crippen molar-refractivity contribution in [2.75, 3.05) is 19.6 Å². The predicted octanol–water partition coefficient (Wildman–Crippen LogP) is 2.56. The second-order valence-electron chi connectivity index (χ2n) is 5.94. The maximum Gasteiger partial charge on any atom is 0.229 e. The molecule has 2 fully saturated rings. The van der Waals surface area contributed by atoms with Gasteiger partial charge in [0.2, 0.25) is 5.91 Å².